The van der Waals surface area contributed by atoms with Gasteiger partial charge >= 0.3 is 0 Å². The van der Waals surface area contributed by atoms with Crippen molar-refractivity contribution in [3.8, 4) is 0 Å². The highest BCUT2D eigenvalue weighted by Crippen LogP contribution is 2.23. The molecule has 2 N–H and O–H groups in total. The lowest BCUT2D eigenvalue weighted by molar-refractivity contribution is 0.671. The molecule has 0 atom stereocenters. The molecule has 0 fully saturated rings. The number of hydrogen-bond acceptors (Lipinski definition) is 6. The van der Waals surface area contributed by atoms with Crippen LogP contribution < -0.4 is 11.3 Å². The summed E-state index contributed by atoms with van der Waals surface area (Å²) in [6.07, 6.45) is 1.69. The molecule has 0 saturated carbocycles. The Bertz CT molecular complexity index is 1220. The van der Waals surface area contributed by atoms with Crippen LogP contribution in [0.3, 0.4) is 0 Å². The van der Waals surface area contributed by atoms with E-state index in [0.29, 0.717) is 40.0 Å². The lowest BCUT2D eigenvalue weighted by Gasteiger charge is -2.11. The molecule has 0 radical (unpaired) electrons. The maximum Gasteiger partial charge on any atom is 0.262 e. The zero-order valence-electron chi connectivity index (χ0n) is 14.5. The van der Waals surface area contributed by atoms with Gasteiger partial charge in [0.15, 0.2) is 5.16 Å². The maximum atomic E-state index is 12.8. The number of fused-ring (bicyclic) bond motifs is 2. The second-order valence-corrected chi connectivity index (χ2v) is 6.89. The van der Waals surface area contributed by atoms with E-state index < -0.39 is 0 Å². The Hall–Kier alpha value is -3.19. The molecule has 27 heavy (non-hydrogen) atoms. The number of anilines is 1. The van der Waals surface area contributed by atoms with Crippen LogP contribution >= 0.6 is 11.8 Å². The van der Waals surface area contributed by atoms with E-state index in [1.165, 1.54) is 11.8 Å². The van der Waals surface area contributed by atoms with Gasteiger partial charge in [-0.15, -0.1) is 6.58 Å². The van der Waals surface area contributed by atoms with E-state index in [1.807, 2.05) is 42.5 Å². The van der Waals surface area contributed by atoms with Gasteiger partial charge in [-0.2, -0.15) is 0 Å². The van der Waals surface area contributed by atoms with Crippen LogP contribution in [0.5, 0.6) is 0 Å². The van der Waals surface area contributed by atoms with Gasteiger partial charge in [0.05, 0.1) is 22.2 Å². The summed E-state index contributed by atoms with van der Waals surface area (Å²) in [5.74, 6) is 1.51. The Morgan fingerprint density at radius 1 is 1.00 bits per heavy atom. The number of nitrogens with two attached hydrogens (primary N) is 1. The van der Waals surface area contributed by atoms with Gasteiger partial charge < -0.3 is 5.73 Å². The standard InChI is InChI=1S/C20H17N5OS/c1-2-11-25-19(26)14-8-4-6-10-16(14)23-20(25)27-12-17-22-15-9-5-3-7-13(15)18(21)24-17/h2-10H,1,11-12H2,(H2,21,22,24). The molecule has 7 heteroatoms. The van der Waals surface area contributed by atoms with E-state index in [-0.39, 0.29) is 5.56 Å². The SMILES string of the molecule is C=CCn1c(SCc2nc(N)c3ccccc3n2)nc2ccccc2c1=O. The Labute approximate surface area is 159 Å². The molecule has 0 aliphatic heterocycles. The summed E-state index contributed by atoms with van der Waals surface area (Å²) in [5.41, 5.74) is 7.45. The molecule has 0 saturated heterocycles. The third kappa shape index (κ3) is 3.29. The van der Waals surface area contributed by atoms with Crippen molar-refractivity contribution in [2.75, 3.05) is 5.73 Å². The van der Waals surface area contributed by atoms with E-state index in [9.17, 15) is 4.79 Å². The van der Waals surface area contributed by atoms with Crippen LogP contribution in [0, 0.1) is 0 Å². The molecule has 2 aromatic carbocycles. The molecule has 2 heterocycles. The van der Waals surface area contributed by atoms with E-state index in [1.54, 1.807) is 16.7 Å². The topological polar surface area (TPSA) is 86.7 Å². The number of benzene rings is 2. The fourth-order valence-corrected chi connectivity index (χ4v) is 3.76. The molecule has 0 aliphatic rings. The van der Waals surface area contributed by atoms with Crippen molar-refractivity contribution in [1.82, 2.24) is 19.5 Å². The average molecular weight is 375 g/mol. The minimum absolute atomic E-state index is 0.0815. The summed E-state index contributed by atoms with van der Waals surface area (Å²) >= 11 is 1.41. The highest BCUT2D eigenvalue weighted by atomic mass is 32.2. The van der Waals surface area contributed by atoms with E-state index in [2.05, 4.69) is 21.5 Å². The van der Waals surface area contributed by atoms with Crippen LogP contribution in [0.2, 0.25) is 0 Å². The molecule has 4 aromatic rings. The Balaban J connectivity index is 1.72. The highest BCUT2D eigenvalue weighted by Gasteiger charge is 2.12. The third-order valence-electron chi connectivity index (χ3n) is 4.15. The minimum atomic E-state index is -0.0815. The molecule has 134 valence electrons. The number of allylic oxidation sites excluding steroid dienone is 1. The molecular formula is C20H17N5OS. The predicted octanol–water partition coefficient (Wildman–Crippen LogP) is 3.40. The summed E-state index contributed by atoms with van der Waals surface area (Å²) in [5, 5.41) is 2.03. The molecular weight excluding hydrogens is 358 g/mol. The number of nitrogen functional groups attached to an aromatic ring is 1. The summed E-state index contributed by atoms with van der Waals surface area (Å²) in [4.78, 5) is 26.4. The van der Waals surface area contributed by atoms with Crippen LogP contribution in [0.4, 0.5) is 5.82 Å². The first kappa shape index (κ1) is 17.2. The molecule has 0 unspecified atom stereocenters. The second kappa shape index (κ2) is 7.20. The molecule has 6 nitrogen and oxygen atoms in total. The minimum Gasteiger partial charge on any atom is -0.383 e. The van der Waals surface area contributed by atoms with Crippen LogP contribution in [-0.2, 0) is 12.3 Å². The quantitative estimate of drug-likeness (QED) is 0.327. The zero-order valence-corrected chi connectivity index (χ0v) is 15.3. The number of aromatic nitrogens is 4. The van der Waals surface area contributed by atoms with Crippen molar-refractivity contribution in [2.45, 2.75) is 17.5 Å². The highest BCUT2D eigenvalue weighted by molar-refractivity contribution is 7.98. The Morgan fingerprint density at radius 2 is 1.67 bits per heavy atom. The van der Waals surface area contributed by atoms with Crippen molar-refractivity contribution in [3.63, 3.8) is 0 Å². The first-order chi connectivity index (χ1) is 13.2. The van der Waals surface area contributed by atoms with Gasteiger partial charge in [-0.3, -0.25) is 9.36 Å². The van der Waals surface area contributed by atoms with Gasteiger partial charge in [0.2, 0.25) is 0 Å². The van der Waals surface area contributed by atoms with Crippen molar-refractivity contribution in [2.24, 2.45) is 0 Å². The lowest BCUT2D eigenvalue weighted by Crippen LogP contribution is -2.22. The molecule has 0 spiro atoms. The summed E-state index contributed by atoms with van der Waals surface area (Å²) in [7, 11) is 0. The van der Waals surface area contributed by atoms with E-state index in [0.717, 1.165) is 10.9 Å². The Kier molecular flexibility index (Phi) is 4.60. The van der Waals surface area contributed by atoms with Gasteiger partial charge in [0.25, 0.3) is 5.56 Å². The first-order valence-electron chi connectivity index (χ1n) is 8.42. The summed E-state index contributed by atoms with van der Waals surface area (Å²) < 4.78 is 1.62. The van der Waals surface area contributed by atoms with Crippen LogP contribution in [0.15, 0.2) is 71.1 Å². The average Bonchev–Trinajstić information content (AvgIpc) is 2.69. The van der Waals surface area contributed by atoms with Gasteiger partial charge in [0.1, 0.15) is 11.6 Å². The third-order valence-corrected chi connectivity index (χ3v) is 5.12. The van der Waals surface area contributed by atoms with E-state index in [4.69, 9.17) is 5.73 Å². The molecule has 4 rings (SSSR count). The fourth-order valence-electron chi connectivity index (χ4n) is 2.89. The smallest absolute Gasteiger partial charge is 0.262 e. The van der Waals surface area contributed by atoms with E-state index >= 15 is 0 Å². The van der Waals surface area contributed by atoms with Gasteiger partial charge in [0, 0.05) is 11.9 Å². The van der Waals surface area contributed by atoms with Gasteiger partial charge in [-0.1, -0.05) is 42.1 Å². The number of hydrogen-bond donors (Lipinski definition) is 1. The predicted molar refractivity (Wildman–Crippen MR) is 110 cm³/mol. The number of nitrogens with zero attached hydrogens (tertiary/aromatic N) is 4. The lowest BCUT2D eigenvalue weighted by atomic mass is 10.2. The van der Waals surface area contributed by atoms with Crippen molar-refractivity contribution < 1.29 is 0 Å². The van der Waals surface area contributed by atoms with Crippen LogP contribution in [0.25, 0.3) is 21.8 Å². The largest absolute Gasteiger partial charge is 0.383 e. The summed E-state index contributed by atoms with van der Waals surface area (Å²) in [6.45, 7) is 4.13. The fraction of sp³-hybridized carbons (Fsp3) is 0.100. The number of rotatable bonds is 5. The number of thioether (sulfide) groups is 1. The maximum absolute atomic E-state index is 12.8. The van der Waals surface area contributed by atoms with Crippen molar-refractivity contribution in [3.05, 3.63) is 77.4 Å². The first-order valence-corrected chi connectivity index (χ1v) is 9.40. The molecule has 0 aliphatic carbocycles. The Morgan fingerprint density at radius 3 is 2.41 bits per heavy atom. The van der Waals surface area contributed by atoms with Crippen LogP contribution in [-0.4, -0.2) is 19.5 Å². The second-order valence-electron chi connectivity index (χ2n) is 5.95. The number of para-hydroxylation sites is 2. The molecule has 0 bridgehead atoms. The monoisotopic (exact) mass is 375 g/mol. The van der Waals surface area contributed by atoms with Gasteiger partial charge in [-0.25, -0.2) is 15.0 Å². The molecule has 2 aromatic heterocycles. The summed E-state index contributed by atoms with van der Waals surface area (Å²) in [6, 6.07) is 14.9. The zero-order chi connectivity index (χ0) is 18.8. The normalized spacial score (nSPS) is 11.1. The van der Waals surface area contributed by atoms with Crippen molar-refractivity contribution >= 4 is 39.4 Å². The van der Waals surface area contributed by atoms with Crippen molar-refractivity contribution in [1.29, 1.82) is 0 Å². The molecule has 0 amide bonds. The van der Waals surface area contributed by atoms with Gasteiger partial charge in [-0.05, 0) is 24.3 Å². The van der Waals surface area contributed by atoms with Crippen LogP contribution in [0.1, 0.15) is 5.82 Å².